The van der Waals surface area contributed by atoms with Gasteiger partial charge in [-0.15, -0.1) is 0 Å². The lowest BCUT2D eigenvalue weighted by atomic mass is 10.1. The van der Waals surface area contributed by atoms with Crippen molar-refractivity contribution in [3.8, 4) is 5.75 Å². The van der Waals surface area contributed by atoms with Crippen LogP contribution in [0.25, 0.3) is 0 Å². The monoisotopic (exact) mass is 317 g/mol. The van der Waals surface area contributed by atoms with Gasteiger partial charge in [0.2, 0.25) is 5.91 Å². The third kappa shape index (κ3) is 4.60. The fourth-order valence-electron chi connectivity index (χ4n) is 1.92. The topological polar surface area (TPSA) is 55.4 Å². The normalized spacial score (nSPS) is 10.1. The number of carbonyl (C=O) groups excluding carboxylic acids is 2. The molecule has 2 rings (SSSR count). The first-order valence-electron chi connectivity index (χ1n) is 6.77. The molecule has 0 aliphatic rings. The SMILES string of the molecule is CC(=O)Nc1ccc(CC(=O)Oc2cc(C)ccc2Cl)cc1. The standard InChI is InChI=1S/C17H16ClNO3/c1-11-3-8-15(18)16(9-11)22-17(21)10-13-4-6-14(7-5-13)19-12(2)20/h3-9H,10H2,1-2H3,(H,19,20). The van der Waals surface area contributed by atoms with Crippen molar-refractivity contribution in [1.29, 1.82) is 0 Å². The van der Waals surface area contributed by atoms with Gasteiger partial charge < -0.3 is 10.1 Å². The molecule has 2 aromatic carbocycles. The van der Waals surface area contributed by atoms with Crippen molar-refractivity contribution in [3.05, 3.63) is 58.6 Å². The van der Waals surface area contributed by atoms with Crippen molar-refractivity contribution in [3.63, 3.8) is 0 Å². The Hall–Kier alpha value is -2.33. The Labute approximate surface area is 134 Å². The molecule has 1 amide bonds. The van der Waals surface area contributed by atoms with Crippen LogP contribution >= 0.6 is 11.6 Å². The molecule has 0 unspecified atom stereocenters. The summed E-state index contributed by atoms with van der Waals surface area (Å²) in [7, 11) is 0. The summed E-state index contributed by atoms with van der Waals surface area (Å²) in [6.45, 7) is 3.34. The molecule has 0 saturated carbocycles. The van der Waals surface area contributed by atoms with E-state index in [0.29, 0.717) is 16.5 Å². The number of rotatable bonds is 4. The second kappa shape index (κ2) is 7.09. The Morgan fingerprint density at radius 2 is 1.82 bits per heavy atom. The highest BCUT2D eigenvalue weighted by molar-refractivity contribution is 6.32. The molecule has 0 saturated heterocycles. The van der Waals surface area contributed by atoms with E-state index in [1.54, 1.807) is 36.4 Å². The highest BCUT2D eigenvalue weighted by Crippen LogP contribution is 2.25. The molecular formula is C17H16ClNO3. The molecule has 1 N–H and O–H groups in total. The van der Waals surface area contributed by atoms with Gasteiger partial charge in [0, 0.05) is 12.6 Å². The zero-order chi connectivity index (χ0) is 16.1. The van der Waals surface area contributed by atoms with E-state index in [1.165, 1.54) is 6.92 Å². The summed E-state index contributed by atoms with van der Waals surface area (Å²) in [5, 5.41) is 3.07. The van der Waals surface area contributed by atoms with Crippen molar-refractivity contribution in [2.45, 2.75) is 20.3 Å². The van der Waals surface area contributed by atoms with E-state index >= 15 is 0 Å². The zero-order valence-corrected chi connectivity index (χ0v) is 13.1. The van der Waals surface area contributed by atoms with E-state index in [9.17, 15) is 9.59 Å². The highest BCUT2D eigenvalue weighted by Gasteiger charge is 2.10. The van der Waals surface area contributed by atoms with E-state index < -0.39 is 0 Å². The van der Waals surface area contributed by atoms with Gasteiger partial charge >= 0.3 is 5.97 Å². The molecule has 4 nitrogen and oxygen atoms in total. The largest absolute Gasteiger partial charge is 0.425 e. The minimum Gasteiger partial charge on any atom is -0.425 e. The molecule has 0 atom stereocenters. The number of nitrogens with one attached hydrogen (secondary N) is 1. The Kier molecular flexibility index (Phi) is 5.17. The van der Waals surface area contributed by atoms with E-state index in [-0.39, 0.29) is 18.3 Å². The fraction of sp³-hybridized carbons (Fsp3) is 0.176. The second-order valence-electron chi connectivity index (χ2n) is 4.96. The third-order valence-electron chi connectivity index (χ3n) is 2.93. The average molecular weight is 318 g/mol. The predicted molar refractivity (Wildman–Crippen MR) is 86.3 cm³/mol. The minimum atomic E-state index is -0.389. The number of amides is 1. The maximum Gasteiger partial charge on any atom is 0.315 e. The summed E-state index contributed by atoms with van der Waals surface area (Å²) >= 11 is 6.00. The van der Waals surface area contributed by atoms with Crippen LogP contribution in [0.3, 0.4) is 0 Å². The molecule has 114 valence electrons. The number of benzene rings is 2. The van der Waals surface area contributed by atoms with Gasteiger partial charge in [0.25, 0.3) is 0 Å². The van der Waals surface area contributed by atoms with Gasteiger partial charge in [0.05, 0.1) is 11.4 Å². The molecule has 0 spiro atoms. The van der Waals surface area contributed by atoms with Gasteiger partial charge in [-0.05, 0) is 42.3 Å². The summed E-state index contributed by atoms with van der Waals surface area (Å²) in [4.78, 5) is 22.9. The summed E-state index contributed by atoms with van der Waals surface area (Å²) in [6, 6.07) is 12.3. The summed E-state index contributed by atoms with van der Waals surface area (Å²) in [5.74, 6) is -0.164. The van der Waals surface area contributed by atoms with Crippen LogP contribution in [0.1, 0.15) is 18.1 Å². The summed E-state index contributed by atoms with van der Waals surface area (Å²) < 4.78 is 5.28. The minimum absolute atomic E-state index is 0.130. The van der Waals surface area contributed by atoms with E-state index in [2.05, 4.69) is 5.32 Å². The number of carbonyl (C=O) groups is 2. The van der Waals surface area contributed by atoms with E-state index in [1.807, 2.05) is 13.0 Å². The Morgan fingerprint density at radius 3 is 2.45 bits per heavy atom. The van der Waals surface area contributed by atoms with E-state index in [0.717, 1.165) is 11.1 Å². The smallest absolute Gasteiger partial charge is 0.315 e. The van der Waals surface area contributed by atoms with Crippen LogP contribution in [0, 0.1) is 6.92 Å². The van der Waals surface area contributed by atoms with Crippen molar-refractivity contribution in [2.75, 3.05) is 5.32 Å². The fourth-order valence-corrected chi connectivity index (χ4v) is 2.08. The molecular weight excluding hydrogens is 302 g/mol. The lowest BCUT2D eigenvalue weighted by molar-refractivity contribution is -0.133. The molecule has 0 bridgehead atoms. The van der Waals surface area contributed by atoms with Crippen LogP contribution in [0.5, 0.6) is 5.75 Å². The van der Waals surface area contributed by atoms with Crippen LogP contribution in [-0.2, 0) is 16.0 Å². The van der Waals surface area contributed by atoms with Crippen LogP contribution in [0.15, 0.2) is 42.5 Å². The number of hydrogen-bond acceptors (Lipinski definition) is 3. The molecule has 0 aliphatic heterocycles. The maximum atomic E-state index is 12.0. The Bertz CT molecular complexity index is 696. The number of halogens is 1. The maximum absolute atomic E-state index is 12.0. The Morgan fingerprint density at radius 1 is 1.14 bits per heavy atom. The van der Waals surface area contributed by atoms with Crippen molar-refractivity contribution < 1.29 is 14.3 Å². The van der Waals surface area contributed by atoms with Crippen molar-refractivity contribution >= 4 is 29.2 Å². The van der Waals surface area contributed by atoms with Crippen LogP contribution in [0.2, 0.25) is 5.02 Å². The molecule has 5 heteroatoms. The number of ether oxygens (including phenoxy) is 1. The summed E-state index contributed by atoms with van der Waals surface area (Å²) in [6.07, 6.45) is 0.130. The van der Waals surface area contributed by atoms with Gasteiger partial charge in [-0.1, -0.05) is 29.8 Å². The molecule has 0 radical (unpaired) electrons. The van der Waals surface area contributed by atoms with Crippen LogP contribution < -0.4 is 10.1 Å². The van der Waals surface area contributed by atoms with Crippen molar-refractivity contribution in [1.82, 2.24) is 0 Å². The number of anilines is 1. The molecule has 2 aromatic rings. The lowest BCUT2D eigenvalue weighted by Gasteiger charge is -2.08. The average Bonchev–Trinajstić information content (AvgIpc) is 2.44. The number of hydrogen-bond donors (Lipinski definition) is 1. The highest BCUT2D eigenvalue weighted by atomic mass is 35.5. The van der Waals surface area contributed by atoms with Crippen LogP contribution in [0.4, 0.5) is 5.69 Å². The summed E-state index contributed by atoms with van der Waals surface area (Å²) in [5.41, 5.74) is 2.45. The zero-order valence-electron chi connectivity index (χ0n) is 12.4. The first kappa shape index (κ1) is 16.0. The molecule has 0 aromatic heterocycles. The lowest BCUT2D eigenvalue weighted by Crippen LogP contribution is -2.12. The number of aryl methyl sites for hydroxylation is 1. The quantitative estimate of drug-likeness (QED) is 0.690. The van der Waals surface area contributed by atoms with E-state index in [4.69, 9.17) is 16.3 Å². The number of esters is 1. The second-order valence-corrected chi connectivity index (χ2v) is 5.37. The first-order valence-corrected chi connectivity index (χ1v) is 7.15. The molecule has 0 heterocycles. The molecule has 0 aliphatic carbocycles. The van der Waals surface area contributed by atoms with Gasteiger partial charge in [0.1, 0.15) is 5.75 Å². The molecule has 22 heavy (non-hydrogen) atoms. The van der Waals surface area contributed by atoms with Gasteiger partial charge in [0.15, 0.2) is 0 Å². The van der Waals surface area contributed by atoms with Crippen LogP contribution in [-0.4, -0.2) is 11.9 Å². The van der Waals surface area contributed by atoms with Gasteiger partial charge in [-0.2, -0.15) is 0 Å². The predicted octanol–water partition coefficient (Wildman–Crippen LogP) is 3.75. The van der Waals surface area contributed by atoms with Gasteiger partial charge in [-0.3, -0.25) is 9.59 Å². The molecule has 0 fully saturated rings. The Balaban J connectivity index is 1.99. The first-order chi connectivity index (χ1) is 10.4. The third-order valence-corrected chi connectivity index (χ3v) is 3.25. The van der Waals surface area contributed by atoms with Crippen molar-refractivity contribution in [2.24, 2.45) is 0 Å². The van der Waals surface area contributed by atoms with Gasteiger partial charge in [-0.25, -0.2) is 0 Å².